The molecule has 1 aromatic rings. The molecule has 0 radical (unpaired) electrons. The van der Waals surface area contributed by atoms with Gasteiger partial charge in [-0.15, -0.1) is 11.8 Å². The Morgan fingerprint density at radius 3 is 2.62 bits per heavy atom. The van der Waals surface area contributed by atoms with E-state index in [4.69, 9.17) is 0 Å². The fourth-order valence-corrected chi connectivity index (χ4v) is 2.03. The Labute approximate surface area is 85.1 Å². The molecule has 0 nitrogen and oxygen atoms in total. The lowest BCUT2D eigenvalue weighted by atomic mass is 10.2. The van der Waals surface area contributed by atoms with Crippen molar-refractivity contribution < 1.29 is 0 Å². The van der Waals surface area contributed by atoms with Crippen molar-refractivity contribution in [2.75, 3.05) is 5.75 Å². The zero-order valence-corrected chi connectivity index (χ0v) is 8.94. The van der Waals surface area contributed by atoms with Gasteiger partial charge in [0.05, 0.1) is 0 Å². The van der Waals surface area contributed by atoms with Crippen molar-refractivity contribution >= 4 is 16.7 Å². The van der Waals surface area contributed by atoms with Crippen molar-refractivity contribution in [3.8, 4) is 0 Å². The Hall–Kier alpha value is -0.690. The molecule has 1 aromatic carbocycles. The van der Waals surface area contributed by atoms with Gasteiger partial charge in [-0.3, -0.25) is 0 Å². The number of hydrogen-bond donors (Lipinski definition) is 0. The zero-order valence-electron chi connectivity index (χ0n) is 8.12. The van der Waals surface area contributed by atoms with Crippen LogP contribution >= 0.6 is 11.8 Å². The molecule has 0 saturated heterocycles. The second kappa shape index (κ2) is 5.87. The molecule has 1 heteroatoms. The Morgan fingerprint density at radius 2 is 2.00 bits per heavy atom. The molecule has 0 spiro atoms. The lowest BCUT2D eigenvalue weighted by Crippen LogP contribution is -1.80. The number of thioether (sulfide) groups is 1. The standard InChI is InChI=1S/C12H16S/c1-3-4-10-13-11(2)12-8-6-5-7-9-12/h5-9H,2-4,10H2,1H3. The van der Waals surface area contributed by atoms with Crippen LogP contribution in [0, 0.1) is 0 Å². The van der Waals surface area contributed by atoms with Crippen molar-refractivity contribution in [1.29, 1.82) is 0 Å². The predicted molar refractivity (Wildman–Crippen MR) is 62.8 cm³/mol. The maximum atomic E-state index is 4.06. The Balaban J connectivity index is 2.40. The maximum Gasteiger partial charge on any atom is 0.00725 e. The minimum atomic E-state index is 1.18. The molecule has 0 aliphatic heterocycles. The third kappa shape index (κ3) is 3.69. The topological polar surface area (TPSA) is 0 Å². The minimum Gasteiger partial charge on any atom is -0.126 e. The molecule has 0 aliphatic rings. The first-order valence-corrected chi connectivity index (χ1v) is 5.70. The molecule has 13 heavy (non-hydrogen) atoms. The third-order valence-electron chi connectivity index (χ3n) is 1.87. The summed E-state index contributed by atoms with van der Waals surface area (Å²) in [6.07, 6.45) is 2.53. The van der Waals surface area contributed by atoms with Crippen LogP contribution < -0.4 is 0 Å². The summed E-state index contributed by atoms with van der Waals surface area (Å²) in [5.41, 5.74) is 1.25. The summed E-state index contributed by atoms with van der Waals surface area (Å²) in [5.74, 6) is 1.18. The SMILES string of the molecule is C=C(SCCCC)c1ccccc1. The van der Waals surface area contributed by atoms with Crippen molar-refractivity contribution in [2.24, 2.45) is 0 Å². The monoisotopic (exact) mass is 192 g/mol. The van der Waals surface area contributed by atoms with Crippen LogP contribution in [0.25, 0.3) is 4.91 Å². The average molecular weight is 192 g/mol. The lowest BCUT2D eigenvalue weighted by molar-refractivity contribution is 0.898. The number of hydrogen-bond acceptors (Lipinski definition) is 1. The van der Waals surface area contributed by atoms with Gasteiger partial charge in [-0.25, -0.2) is 0 Å². The minimum absolute atomic E-state index is 1.18. The summed E-state index contributed by atoms with van der Waals surface area (Å²) < 4.78 is 0. The van der Waals surface area contributed by atoms with Crippen LogP contribution in [0.5, 0.6) is 0 Å². The van der Waals surface area contributed by atoms with Crippen LogP contribution in [0.4, 0.5) is 0 Å². The van der Waals surface area contributed by atoms with Crippen LogP contribution in [0.2, 0.25) is 0 Å². The number of rotatable bonds is 5. The van der Waals surface area contributed by atoms with E-state index in [1.807, 2.05) is 17.8 Å². The fraction of sp³-hybridized carbons (Fsp3) is 0.333. The molecule has 0 atom stereocenters. The molecule has 0 saturated carbocycles. The van der Waals surface area contributed by atoms with E-state index in [1.165, 1.54) is 29.1 Å². The second-order valence-corrected chi connectivity index (χ2v) is 4.18. The van der Waals surface area contributed by atoms with Gasteiger partial charge in [-0.2, -0.15) is 0 Å². The van der Waals surface area contributed by atoms with Gasteiger partial charge in [0.15, 0.2) is 0 Å². The number of benzene rings is 1. The van der Waals surface area contributed by atoms with Gasteiger partial charge in [0.1, 0.15) is 0 Å². The van der Waals surface area contributed by atoms with E-state index in [9.17, 15) is 0 Å². The highest BCUT2D eigenvalue weighted by Crippen LogP contribution is 2.25. The molecular formula is C12H16S. The van der Waals surface area contributed by atoms with Gasteiger partial charge in [-0.05, 0) is 17.7 Å². The van der Waals surface area contributed by atoms with Crippen molar-refractivity contribution in [2.45, 2.75) is 19.8 Å². The molecule has 0 bridgehead atoms. The van der Waals surface area contributed by atoms with E-state index in [0.29, 0.717) is 0 Å². The van der Waals surface area contributed by atoms with Crippen molar-refractivity contribution in [3.63, 3.8) is 0 Å². The largest absolute Gasteiger partial charge is 0.126 e. The van der Waals surface area contributed by atoms with E-state index >= 15 is 0 Å². The third-order valence-corrected chi connectivity index (χ3v) is 2.95. The molecule has 0 fully saturated rings. The Morgan fingerprint density at radius 1 is 1.31 bits per heavy atom. The highest BCUT2D eigenvalue weighted by molar-refractivity contribution is 8.08. The van der Waals surface area contributed by atoms with Gasteiger partial charge in [0.25, 0.3) is 0 Å². The summed E-state index contributed by atoms with van der Waals surface area (Å²) in [6, 6.07) is 10.4. The van der Waals surface area contributed by atoms with E-state index in [2.05, 4.69) is 37.8 Å². The fourth-order valence-electron chi connectivity index (χ4n) is 1.05. The normalized spacial score (nSPS) is 9.92. The zero-order chi connectivity index (χ0) is 9.52. The smallest absolute Gasteiger partial charge is 0.00725 e. The summed E-state index contributed by atoms with van der Waals surface area (Å²) in [5, 5.41) is 0. The lowest BCUT2D eigenvalue weighted by Gasteiger charge is -2.03. The average Bonchev–Trinajstić information content (AvgIpc) is 2.19. The van der Waals surface area contributed by atoms with Crippen LogP contribution in [0.15, 0.2) is 36.9 Å². The van der Waals surface area contributed by atoms with Crippen molar-refractivity contribution in [3.05, 3.63) is 42.5 Å². The van der Waals surface area contributed by atoms with Crippen LogP contribution in [-0.2, 0) is 0 Å². The molecule has 0 aliphatic carbocycles. The molecule has 0 aromatic heterocycles. The Bertz CT molecular complexity index is 251. The first kappa shape index (κ1) is 10.4. The van der Waals surface area contributed by atoms with E-state index in [1.54, 1.807) is 0 Å². The van der Waals surface area contributed by atoms with E-state index in [-0.39, 0.29) is 0 Å². The van der Waals surface area contributed by atoms with Gasteiger partial charge in [-0.1, -0.05) is 50.3 Å². The van der Waals surface area contributed by atoms with Gasteiger partial charge >= 0.3 is 0 Å². The summed E-state index contributed by atoms with van der Waals surface area (Å²) in [7, 11) is 0. The second-order valence-electron chi connectivity index (χ2n) is 2.99. The van der Waals surface area contributed by atoms with Crippen LogP contribution in [0.3, 0.4) is 0 Å². The van der Waals surface area contributed by atoms with Gasteiger partial charge < -0.3 is 0 Å². The van der Waals surface area contributed by atoms with Crippen LogP contribution in [0.1, 0.15) is 25.3 Å². The first-order valence-electron chi connectivity index (χ1n) is 4.71. The summed E-state index contributed by atoms with van der Waals surface area (Å²) in [6.45, 7) is 6.27. The molecule has 0 heterocycles. The molecule has 70 valence electrons. The number of unbranched alkanes of at least 4 members (excludes halogenated alkanes) is 1. The predicted octanol–water partition coefficient (Wildman–Crippen LogP) is 4.19. The molecule has 0 N–H and O–H groups in total. The summed E-state index contributed by atoms with van der Waals surface area (Å²) in [4.78, 5) is 1.19. The van der Waals surface area contributed by atoms with Crippen molar-refractivity contribution in [1.82, 2.24) is 0 Å². The molecular weight excluding hydrogens is 176 g/mol. The van der Waals surface area contributed by atoms with E-state index in [0.717, 1.165) is 0 Å². The highest BCUT2D eigenvalue weighted by atomic mass is 32.2. The molecule has 0 amide bonds. The van der Waals surface area contributed by atoms with Gasteiger partial charge in [0.2, 0.25) is 0 Å². The van der Waals surface area contributed by atoms with Gasteiger partial charge in [0, 0.05) is 4.91 Å². The molecule has 0 unspecified atom stereocenters. The quantitative estimate of drug-likeness (QED) is 0.630. The van der Waals surface area contributed by atoms with Crippen LogP contribution in [-0.4, -0.2) is 5.75 Å². The Kier molecular flexibility index (Phi) is 4.69. The highest BCUT2D eigenvalue weighted by Gasteiger charge is 1.97. The first-order chi connectivity index (χ1) is 6.34. The summed E-state index contributed by atoms with van der Waals surface area (Å²) >= 11 is 1.86. The molecule has 1 rings (SSSR count). The van der Waals surface area contributed by atoms with E-state index < -0.39 is 0 Å². The maximum absolute atomic E-state index is 4.06.